The smallest absolute Gasteiger partial charge is 0.230 e. The molecule has 24 heavy (non-hydrogen) atoms. The van der Waals surface area contributed by atoms with Crippen molar-refractivity contribution in [1.29, 1.82) is 0 Å². The van der Waals surface area contributed by atoms with Crippen LogP contribution in [0.25, 0.3) is 0 Å². The maximum atomic E-state index is 12.8. The average molecular weight is 342 g/mol. The van der Waals surface area contributed by atoms with Gasteiger partial charge in [-0.25, -0.2) is 0 Å². The van der Waals surface area contributed by atoms with Gasteiger partial charge in [-0.1, -0.05) is 0 Å². The lowest BCUT2D eigenvalue weighted by Gasteiger charge is -2.55. The summed E-state index contributed by atoms with van der Waals surface area (Å²) < 4.78 is 0. The number of rotatable bonds is 7. The molecule has 0 saturated heterocycles. The largest absolute Gasteiger partial charge is 0.394 e. The standard InChI is InChI=1S/C17H26O7/c18-7-11(19)12(20)13(21)14(22)15(23)16(24)17-4-8-1-9(5-17)3-10(2-8)6-17/h8-14,18-22H,1-7H2/t8?,9?,10?,11-,12-,13+,14-,17?/m1/s1. The van der Waals surface area contributed by atoms with Crippen molar-refractivity contribution in [2.45, 2.75) is 62.9 Å². The molecule has 0 unspecified atom stereocenters. The minimum atomic E-state index is -2.10. The monoisotopic (exact) mass is 342 g/mol. The van der Waals surface area contributed by atoms with Crippen molar-refractivity contribution in [2.24, 2.45) is 23.2 Å². The molecule has 4 aliphatic rings. The van der Waals surface area contributed by atoms with Crippen LogP contribution in [0.1, 0.15) is 38.5 Å². The lowest BCUT2D eigenvalue weighted by Crippen LogP contribution is -2.56. The number of ketones is 2. The molecule has 0 amide bonds. The number of carbonyl (C=O) groups is 2. The Kier molecular flexibility index (Phi) is 4.83. The predicted molar refractivity (Wildman–Crippen MR) is 81.7 cm³/mol. The fourth-order valence-electron chi connectivity index (χ4n) is 5.46. The molecule has 0 aromatic heterocycles. The second kappa shape index (κ2) is 6.46. The summed E-state index contributed by atoms with van der Waals surface area (Å²) in [5, 5.41) is 47.6. The van der Waals surface area contributed by atoms with Crippen LogP contribution < -0.4 is 0 Å². The third kappa shape index (κ3) is 2.93. The summed E-state index contributed by atoms with van der Waals surface area (Å²) in [5.41, 5.74) is -0.729. The van der Waals surface area contributed by atoms with Crippen molar-refractivity contribution < 1.29 is 35.1 Å². The first kappa shape index (κ1) is 17.9. The third-order valence-corrected chi connectivity index (χ3v) is 6.27. The Bertz CT molecular complexity index is 482. The maximum absolute atomic E-state index is 12.8. The third-order valence-electron chi connectivity index (χ3n) is 6.27. The molecule has 0 radical (unpaired) electrons. The molecule has 4 saturated carbocycles. The van der Waals surface area contributed by atoms with E-state index in [4.69, 9.17) is 5.11 Å². The Morgan fingerprint density at radius 1 is 0.875 bits per heavy atom. The summed E-state index contributed by atoms with van der Waals surface area (Å²) in [6.45, 7) is -0.831. The molecule has 7 nitrogen and oxygen atoms in total. The van der Waals surface area contributed by atoms with Crippen molar-refractivity contribution in [2.75, 3.05) is 6.61 Å². The number of hydrogen-bond acceptors (Lipinski definition) is 7. The van der Waals surface area contributed by atoms with Gasteiger partial charge in [0.25, 0.3) is 0 Å². The predicted octanol–water partition coefficient (Wildman–Crippen LogP) is -1.22. The Morgan fingerprint density at radius 2 is 1.33 bits per heavy atom. The Hall–Kier alpha value is -0.860. The molecular formula is C17H26O7. The highest BCUT2D eigenvalue weighted by atomic mass is 16.4. The van der Waals surface area contributed by atoms with E-state index in [0.717, 1.165) is 19.3 Å². The molecule has 4 rings (SSSR count). The first-order valence-electron chi connectivity index (χ1n) is 8.69. The van der Waals surface area contributed by atoms with Crippen molar-refractivity contribution in [3.05, 3.63) is 0 Å². The van der Waals surface area contributed by atoms with Gasteiger partial charge in [0.1, 0.15) is 24.4 Å². The average Bonchev–Trinajstić information content (AvgIpc) is 2.56. The molecule has 4 fully saturated rings. The van der Waals surface area contributed by atoms with Crippen LogP contribution in [0.3, 0.4) is 0 Å². The van der Waals surface area contributed by atoms with E-state index in [1.807, 2.05) is 0 Å². The minimum absolute atomic E-state index is 0.455. The second-order valence-electron chi connectivity index (χ2n) is 8.07. The number of hydrogen-bond donors (Lipinski definition) is 5. The highest BCUT2D eigenvalue weighted by Crippen LogP contribution is 2.60. The van der Waals surface area contributed by atoms with Gasteiger partial charge in [0.15, 0.2) is 0 Å². The Morgan fingerprint density at radius 3 is 1.75 bits per heavy atom. The van der Waals surface area contributed by atoms with Crippen LogP contribution in [0.15, 0.2) is 0 Å². The summed E-state index contributed by atoms with van der Waals surface area (Å²) in [4.78, 5) is 25.2. The van der Waals surface area contributed by atoms with Crippen molar-refractivity contribution in [1.82, 2.24) is 0 Å². The number of aliphatic hydroxyl groups is 5. The number of aliphatic hydroxyl groups excluding tert-OH is 5. The van der Waals surface area contributed by atoms with E-state index in [9.17, 15) is 30.0 Å². The van der Waals surface area contributed by atoms with Gasteiger partial charge in [0.2, 0.25) is 11.6 Å². The number of carbonyl (C=O) groups excluding carboxylic acids is 2. The molecule has 4 bridgehead atoms. The molecule has 0 spiro atoms. The van der Waals surface area contributed by atoms with E-state index in [1.165, 1.54) is 0 Å². The first-order chi connectivity index (χ1) is 11.3. The van der Waals surface area contributed by atoms with E-state index in [0.29, 0.717) is 37.0 Å². The zero-order valence-corrected chi connectivity index (χ0v) is 13.5. The Labute approximate surface area is 140 Å². The fourth-order valence-corrected chi connectivity index (χ4v) is 5.46. The van der Waals surface area contributed by atoms with Gasteiger partial charge in [-0.3, -0.25) is 9.59 Å². The molecule has 0 heterocycles. The van der Waals surface area contributed by atoms with Crippen LogP contribution in [-0.2, 0) is 9.59 Å². The van der Waals surface area contributed by atoms with Crippen molar-refractivity contribution in [3.8, 4) is 0 Å². The van der Waals surface area contributed by atoms with E-state index >= 15 is 0 Å². The molecule has 7 heteroatoms. The second-order valence-corrected chi connectivity index (χ2v) is 8.07. The van der Waals surface area contributed by atoms with Crippen LogP contribution in [-0.4, -0.2) is 68.1 Å². The molecule has 4 aliphatic carbocycles. The van der Waals surface area contributed by atoms with E-state index < -0.39 is 48.0 Å². The molecular weight excluding hydrogens is 316 g/mol. The van der Waals surface area contributed by atoms with Gasteiger partial charge in [0.05, 0.1) is 6.61 Å². The zero-order valence-electron chi connectivity index (χ0n) is 13.5. The van der Waals surface area contributed by atoms with Crippen LogP contribution >= 0.6 is 0 Å². The summed E-state index contributed by atoms with van der Waals surface area (Å²) in [7, 11) is 0. The lowest BCUT2D eigenvalue weighted by molar-refractivity contribution is -0.164. The van der Waals surface area contributed by atoms with Crippen molar-refractivity contribution in [3.63, 3.8) is 0 Å². The van der Waals surface area contributed by atoms with Gasteiger partial charge >= 0.3 is 0 Å². The van der Waals surface area contributed by atoms with Gasteiger partial charge in [0, 0.05) is 5.41 Å². The molecule has 0 aliphatic heterocycles. The first-order valence-corrected chi connectivity index (χ1v) is 8.69. The SMILES string of the molecule is O=C(C(=O)C12CC3CC(CC(C3)C1)C2)[C@H](O)[C@@H](O)[C@H](O)[C@H](O)CO. The van der Waals surface area contributed by atoms with Crippen LogP contribution in [0.5, 0.6) is 0 Å². The Balaban J connectivity index is 1.71. The topological polar surface area (TPSA) is 135 Å². The molecule has 5 N–H and O–H groups in total. The van der Waals surface area contributed by atoms with E-state index in [2.05, 4.69) is 0 Å². The summed E-state index contributed by atoms with van der Waals surface area (Å²) in [6.07, 6.45) is -2.42. The molecule has 136 valence electrons. The highest BCUT2D eigenvalue weighted by Gasteiger charge is 2.56. The fraction of sp³-hybridized carbons (Fsp3) is 0.882. The number of Topliss-reactive ketones (excluding diaryl/α,β-unsaturated/α-hetero) is 2. The summed E-state index contributed by atoms with van der Waals surface area (Å²) in [6, 6.07) is 0. The molecule has 4 atom stereocenters. The quantitative estimate of drug-likeness (QED) is 0.366. The highest BCUT2D eigenvalue weighted by molar-refractivity contribution is 6.41. The molecule has 0 aromatic carbocycles. The van der Waals surface area contributed by atoms with Crippen LogP contribution in [0, 0.1) is 23.2 Å². The summed E-state index contributed by atoms with van der Waals surface area (Å²) in [5.74, 6) is -0.391. The maximum Gasteiger partial charge on any atom is 0.230 e. The van der Waals surface area contributed by atoms with Gasteiger partial charge in [-0.2, -0.15) is 0 Å². The van der Waals surface area contributed by atoms with Crippen LogP contribution in [0.2, 0.25) is 0 Å². The van der Waals surface area contributed by atoms with E-state index in [1.54, 1.807) is 0 Å². The lowest BCUT2D eigenvalue weighted by atomic mass is 9.48. The minimum Gasteiger partial charge on any atom is -0.394 e. The van der Waals surface area contributed by atoms with E-state index in [-0.39, 0.29) is 0 Å². The molecule has 0 aromatic rings. The zero-order chi connectivity index (χ0) is 17.6. The normalized spacial score (nSPS) is 39.3. The summed E-state index contributed by atoms with van der Waals surface area (Å²) >= 11 is 0. The van der Waals surface area contributed by atoms with Gasteiger partial charge in [-0.15, -0.1) is 0 Å². The van der Waals surface area contributed by atoms with Gasteiger partial charge < -0.3 is 25.5 Å². The van der Waals surface area contributed by atoms with Gasteiger partial charge in [-0.05, 0) is 56.3 Å². The van der Waals surface area contributed by atoms with Crippen molar-refractivity contribution >= 4 is 11.6 Å². The van der Waals surface area contributed by atoms with Crippen LogP contribution in [0.4, 0.5) is 0 Å².